The summed E-state index contributed by atoms with van der Waals surface area (Å²) in [7, 11) is 0. The molecule has 0 spiro atoms. The van der Waals surface area contributed by atoms with Gasteiger partial charge in [0.1, 0.15) is 34.9 Å². The number of hydrogen-bond donors (Lipinski definition) is 3. The molecule has 0 fully saturated rings. The summed E-state index contributed by atoms with van der Waals surface area (Å²) in [4.78, 5) is 17.6. The van der Waals surface area contributed by atoms with Crippen LogP contribution in [0.4, 0.5) is 34.9 Å². The Morgan fingerprint density at radius 1 is 0.407 bits per heavy atom. The quantitative estimate of drug-likeness (QED) is 0.469. The predicted molar refractivity (Wildman–Crippen MR) is 107 cm³/mol. The van der Waals surface area contributed by atoms with Gasteiger partial charge in [-0.15, -0.1) is 0 Å². The van der Waals surface area contributed by atoms with E-state index in [-0.39, 0.29) is 0 Å². The summed E-state index contributed by atoms with van der Waals surface area (Å²) in [5, 5.41) is 9.56. The maximum Gasteiger partial charge on any atom is 0.133 e. The second-order valence-electron chi connectivity index (χ2n) is 5.62. The Morgan fingerprint density at radius 2 is 0.778 bits per heavy atom. The summed E-state index contributed by atoms with van der Waals surface area (Å²) in [6.45, 7) is 0. The van der Waals surface area contributed by atoms with Crippen molar-refractivity contribution in [2.75, 3.05) is 16.0 Å². The van der Waals surface area contributed by atoms with Crippen molar-refractivity contribution in [2.24, 2.45) is 0 Å². The number of hydrogen-bond acceptors (Lipinski definition) is 7. The van der Waals surface area contributed by atoms with Crippen LogP contribution in [0.15, 0.2) is 85.2 Å². The standard InChI is InChI=1S/C20H17N7/c1-3-13-21-15(7-1)23-17-9-5-11-19(25-17)27-20-12-6-10-18(26-20)24-16-8-2-4-14-22-16/h1-14H,(H3,21,22,23,24,25,26,27). The lowest BCUT2D eigenvalue weighted by atomic mass is 10.4. The van der Waals surface area contributed by atoms with E-state index in [0.717, 1.165) is 11.6 Å². The first-order valence-corrected chi connectivity index (χ1v) is 8.42. The third-order valence-corrected chi connectivity index (χ3v) is 3.60. The molecule has 0 aliphatic heterocycles. The fourth-order valence-electron chi connectivity index (χ4n) is 2.41. The molecule has 27 heavy (non-hydrogen) atoms. The van der Waals surface area contributed by atoms with Crippen LogP contribution in [-0.4, -0.2) is 19.9 Å². The predicted octanol–water partition coefficient (Wildman–Crippen LogP) is 4.50. The van der Waals surface area contributed by atoms with Gasteiger partial charge in [-0.2, -0.15) is 0 Å². The average Bonchev–Trinajstić information content (AvgIpc) is 2.70. The molecule has 0 aromatic carbocycles. The van der Waals surface area contributed by atoms with Gasteiger partial charge in [0.05, 0.1) is 0 Å². The number of rotatable bonds is 6. The number of pyridine rings is 4. The molecule has 0 atom stereocenters. The van der Waals surface area contributed by atoms with Crippen molar-refractivity contribution in [1.29, 1.82) is 0 Å². The van der Waals surface area contributed by atoms with Gasteiger partial charge in [-0.25, -0.2) is 19.9 Å². The van der Waals surface area contributed by atoms with Crippen molar-refractivity contribution in [3.8, 4) is 0 Å². The molecule has 4 aromatic heterocycles. The van der Waals surface area contributed by atoms with Gasteiger partial charge < -0.3 is 16.0 Å². The third-order valence-electron chi connectivity index (χ3n) is 3.60. The number of aromatic nitrogens is 4. The average molecular weight is 355 g/mol. The first-order valence-electron chi connectivity index (χ1n) is 8.42. The van der Waals surface area contributed by atoms with Gasteiger partial charge in [0.25, 0.3) is 0 Å². The Kier molecular flexibility index (Phi) is 4.83. The van der Waals surface area contributed by atoms with Gasteiger partial charge >= 0.3 is 0 Å². The Labute approximate surface area is 156 Å². The SMILES string of the molecule is c1ccc(Nc2cccc(Nc3cccc(Nc4ccccn4)n3)n2)nc1. The summed E-state index contributed by atoms with van der Waals surface area (Å²) in [5.41, 5.74) is 0. The normalized spacial score (nSPS) is 10.2. The molecule has 0 amide bonds. The first-order chi connectivity index (χ1) is 13.3. The minimum Gasteiger partial charge on any atom is -0.325 e. The summed E-state index contributed by atoms with van der Waals surface area (Å²) < 4.78 is 0. The summed E-state index contributed by atoms with van der Waals surface area (Å²) >= 11 is 0. The van der Waals surface area contributed by atoms with Crippen molar-refractivity contribution >= 4 is 34.9 Å². The van der Waals surface area contributed by atoms with Crippen LogP contribution in [0.1, 0.15) is 0 Å². The molecule has 0 radical (unpaired) electrons. The lowest BCUT2D eigenvalue weighted by Gasteiger charge is -2.10. The smallest absolute Gasteiger partial charge is 0.133 e. The Bertz CT molecular complexity index is 924. The van der Waals surface area contributed by atoms with E-state index in [1.165, 1.54) is 0 Å². The molecule has 0 aliphatic carbocycles. The Hall–Kier alpha value is -4.00. The lowest BCUT2D eigenvalue weighted by Crippen LogP contribution is -2.01. The van der Waals surface area contributed by atoms with Crippen LogP contribution in [0.3, 0.4) is 0 Å². The number of nitrogens with one attached hydrogen (secondary N) is 3. The van der Waals surface area contributed by atoms with Crippen LogP contribution < -0.4 is 16.0 Å². The minimum absolute atomic E-state index is 0.679. The molecule has 0 saturated heterocycles. The second kappa shape index (κ2) is 7.92. The van der Waals surface area contributed by atoms with Crippen LogP contribution >= 0.6 is 0 Å². The molecule has 0 bridgehead atoms. The van der Waals surface area contributed by atoms with Gasteiger partial charge in [-0.05, 0) is 48.5 Å². The molecule has 7 nitrogen and oxygen atoms in total. The zero-order chi connectivity index (χ0) is 18.3. The van der Waals surface area contributed by atoms with Crippen LogP contribution in [0.2, 0.25) is 0 Å². The van der Waals surface area contributed by atoms with E-state index < -0.39 is 0 Å². The molecule has 132 valence electrons. The molecule has 0 saturated carbocycles. The zero-order valence-electron chi connectivity index (χ0n) is 14.4. The Balaban J connectivity index is 1.47. The van der Waals surface area contributed by atoms with Gasteiger partial charge in [0.15, 0.2) is 0 Å². The molecule has 0 unspecified atom stereocenters. The van der Waals surface area contributed by atoms with E-state index >= 15 is 0 Å². The molecular weight excluding hydrogens is 338 g/mol. The van der Waals surface area contributed by atoms with Crippen molar-refractivity contribution in [1.82, 2.24) is 19.9 Å². The summed E-state index contributed by atoms with van der Waals surface area (Å²) in [6.07, 6.45) is 3.46. The fraction of sp³-hybridized carbons (Fsp3) is 0. The van der Waals surface area contributed by atoms with Crippen molar-refractivity contribution in [2.45, 2.75) is 0 Å². The van der Waals surface area contributed by atoms with Gasteiger partial charge in [0, 0.05) is 12.4 Å². The van der Waals surface area contributed by atoms with Gasteiger partial charge in [0.2, 0.25) is 0 Å². The Morgan fingerprint density at radius 3 is 1.15 bits per heavy atom. The lowest BCUT2D eigenvalue weighted by molar-refractivity contribution is 1.22. The van der Waals surface area contributed by atoms with E-state index in [1.807, 2.05) is 72.8 Å². The molecule has 7 heteroatoms. The molecule has 0 aliphatic rings. The van der Waals surface area contributed by atoms with Crippen LogP contribution in [-0.2, 0) is 0 Å². The molecule has 4 heterocycles. The fourth-order valence-corrected chi connectivity index (χ4v) is 2.41. The van der Waals surface area contributed by atoms with Gasteiger partial charge in [-0.3, -0.25) is 0 Å². The number of nitrogens with zero attached hydrogens (tertiary/aromatic N) is 4. The van der Waals surface area contributed by atoms with E-state index in [0.29, 0.717) is 23.3 Å². The van der Waals surface area contributed by atoms with Crippen LogP contribution in [0.5, 0.6) is 0 Å². The molecule has 4 aromatic rings. The number of anilines is 6. The van der Waals surface area contributed by atoms with E-state index in [4.69, 9.17) is 0 Å². The van der Waals surface area contributed by atoms with Gasteiger partial charge in [-0.1, -0.05) is 24.3 Å². The molecular formula is C20H17N7. The minimum atomic E-state index is 0.679. The van der Waals surface area contributed by atoms with Crippen molar-refractivity contribution < 1.29 is 0 Å². The van der Waals surface area contributed by atoms with E-state index in [1.54, 1.807) is 12.4 Å². The van der Waals surface area contributed by atoms with E-state index in [9.17, 15) is 0 Å². The van der Waals surface area contributed by atoms with Crippen LogP contribution in [0, 0.1) is 0 Å². The maximum absolute atomic E-state index is 4.54. The maximum atomic E-state index is 4.54. The van der Waals surface area contributed by atoms with Crippen molar-refractivity contribution in [3.05, 3.63) is 85.2 Å². The third kappa shape index (κ3) is 4.55. The highest BCUT2D eigenvalue weighted by Crippen LogP contribution is 2.19. The molecule has 3 N–H and O–H groups in total. The van der Waals surface area contributed by atoms with Crippen molar-refractivity contribution in [3.63, 3.8) is 0 Å². The monoisotopic (exact) mass is 355 g/mol. The summed E-state index contributed by atoms with van der Waals surface area (Å²) in [6, 6.07) is 22.7. The highest BCUT2D eigenvalue weighted by atomic mass is 15.1. The second-order valence-corrected chi connectivity index (χ2v) is 5.62. The summed E-state index contributed by atoms with van der Waals surface area (Å²) in [5.74, 6) is 4.23. The van der Waals surface area contributed by atoms with E-state index in [2.05, 4.69) is 35.9 Å². The van der Waals surface area contributed by atoms with Crippen LogP contribution in [0.25, 0.3) is 0 Å². The highest BCUT2D eigenvalue weighted by molar-refractivity contribution is 5.60. The molecule has 4 rings (SSSR count). The zero-order valence-corrected chi connectivity index (χ0v) is 14.4. The first kappa shape index (κ1) is 16.5. The highest BCUT2D eigenvalue weighted by Gasteiger charge is 2.03. The topological polar surface area (TPSA) is 87.6 Å². The largest absolute Gasteiger partial charge is 0.325 e.